The van der Waals surface area contributed by atoms with E-state index in [0.717, 1.165) is 15.7 Å². The first-order chi connectivity index (χ1) is 15.5. The Morgan fingerprint density at radius 3 is 2.69 bits per heavy atom. The van der Waals surface area contributed by atoms with Gasteiger partial charge in [-0.2, -0.15) is 0 Å². The highest BCUT2D eigenvalue weighted by Gasteiger charge is 2.15. The number of benzene rings is 2. The SMILES string of the molecule is C=CCn1c(COc2ccc(C)cc2OCC)nnc1SCC(=O)Nc1ccc(Br)cc1. The van der Waals surface area contributed by atoms with E-state index in [2.05, 4.69) is 38.0 Å². The molecule has 1 N–H and O–H groups in total. The smallest absolute Gasteiger partial charge is 0.234 e. The normalized spacial score (nSPS) is 10.6. The lowest BCUT2D eigenvalue weighted by molar-refractivity contribution is -0.113. The highest BCUT2D eigenvalue weighted by molar-refractivity contribution is 9.10. The first kappa shape index (κ1) is 23.9. The lowest BCUT2D eigenvalue weighted by Crippen LogP contribution is -2.15. The summed E-state index contributed by atoms with van der Waals surface area (Å²) in [6, 6.07) is 13.2. The number of anilines is 1. The van der Waals surface area contributed by atoms with Gasteiger partial charge in [-0.25, -0.2) is 0 Å². The fraction of sp³-hybridized carbons (Fsp3) is 0.261. The second-order valence-corrected chi connectivity index (χ2v) is 8.67. The Hall–Kier alpha value is -2.78. The van der Waals surface area contributed by atoms with E-state index in [1.165, 1.54) is 11.8 Å². The molecule has 3 aromatic rings. The fourth-order valence-corrected chi connectivity index (χ4v) is 3.88. The summed E-state index contributed by atoms with van der Waals surface area (Å²) in [5.41, 5.74) is 1.83. The molecule has 0 radical (unpaired) electrons. The van der Waals surface area contributed by atoms with Crippen molar-refractivity contribution in [2.24, 2.45) is 0 Å². The zero-order chi connectivity index (χ0) is 22.9. The number of allylic oxidation sites excluding steroid dienone is 1. The molecule has 0 saturated heterocycles. The van der Waals surface area contributed by atoms with Crippen LogP contribution >= 0.6 is 27.7 Å². The predicted molar refractivity (Wildman–Crippen MR) is 130 cm³/mol. The summed E-state index contributed by atoms with van der Waals surface area (Å²) >= 11 is 4.69. The Bertz CT molecular complexity index is 1070. The van der Waals surface area contributed by atoms with Gasteiger partial charge in [0.25, 0.3) is 0 Å². The second-order valence-electron chi connectivity index (χ2n) is 6.81. The van der Waals surface area contributed by atoms with Crippen molar-refractivity contribution in [3.8, 4) is 11.5 Å². The van der Waals surface area contributed by atoms with Crippen molar-refractivity contribution in [1.82, 2.24) is 14.8 Å². The van der Waals surface area contributed by atoms with Gasteiger partial charge >= 0.3 is 0 Å². The molecular formula is C23H25BrN4O3S. The van der Waals surface area contributed by atoms with Crippen molar-refractivity contribution in [2.75, 3.05) is 17.7 Å². The topological polar surface area (TPSA) is 78.3 Å². The highest BCUT2D eigenvalue weighted by atomic mass is 79.9. The van der Waals surface area contributed by atoms with Gasteiger partial charge in [0.1, 0.15) is 6.61 Å². The number of carbonyl (C=O) groups excluding carboxylic acids is 1. The predicted octanol–water partition coefficient (Wildman–Crippen LogP) is 5.24. The molecule has 0 spiro atoms. The van der Waals surface area contributed by atoms with Crippen LogP contribution in [-0.2, 0) is 17.9 Å². The first-order valence-corrected chi connectivity index (χ1v) is 11.9. The zero-order valence-electron chi connectivity index (χ0n) is 18.0. The van der Waals surface area contributed by atoms with Crippen molar-refractivity contribution in [3.63, 3.8) is 0 Å². The Labute approximate surface area is 200 Å². The molecule has 0 aliphatic rings. The molecule has 1 heterocycles. The molecule has 0 unspecified atom stereocenters. The Morgan fingerprint density at radius 2 is 1.97 bits per heavy atom. The van der Waals surface area contributed by atoms with Gasteiger partial charge in [0.05, 0.1) is 12.4 Å². The van der Waals surface area contributed by atoms with E-state index in [-0.39, 0.29) is 18.3 Å². The molecule has 7 nitrogen and oxygen atoms in total. The molecule has 0 atom stereocenters. The van der Waals surface area contributed by atoms with Gasteiger partial charge in [0.2, 0.25) is 5.91 Å². The average molecular weight is 517 g/mol. The Kier molecular flexibility index (Phi) is 8.75. The van der Waals surface area contributed by atoms with Crippen molar-refractivity contribution in [2.45, 2.75) is 32.2 Å². The van der Waals surface area contributed by atoms with Crippen LogP contribution in [0.2, 0.25) is 0 Å². The molecule has 1 amide bonds. The minimum Gasteiger partial charge on any atom is -0.490 e. The number of nitrogens with one attached hydrogen (secondary N) is 1. The Morgan fingerprint density at radius 1 is 1.19 bits per heavy atom. The molecule has 0 aliphatic carbocycles. The standard InChI is InChI=1S/C23H25BrN4O3S/c1-4-12-28-21(14-31-19-11-6-16(3)13-20(19)30-5-2)26-27-23(28)32-15-22(29)25-18-9-7-17(24)8-10-18/h4,6-11,13H,1,5,12,14-15H2,2-3H3,(H,25,29). The number of amides is 1. The fourth-order valence-electron chi connectivity index (χ4n) is 2.85. The van der Waals surface area contributed by atoms with E-state index in [1.807, 2.05) is 60.9 Å². The number of aryl methyl sites for hydroxylation is 1. The summed E-state index contributed by atoms with van der Waals surface area (Å²) in [5, 5.41) is 12.0. The number of thioether (sulfide) groups is 1. The van der Waals surface area contributed by atoms with Gasteiger partial charge in [-0.3, -0.25) is 9.36 Å². The third kappa shape index (κ3) is 6.61. The van der Waals surface area contributed by atoms with Gasteiger partial charge in [-0.1, -0.05) is 39.8 Å². The summed E-state index contributed by atoms with van der Waals surface area (Å²) < 4.78 is 14.5. The molecule has 0 bridgehead atoms. The molecular weight excluding hydrogens is 492 g/mol. The molecule has 32 heavy (non-hydrogen) atoms. The van der Waals surface area contributed by atoms with Gasteiger partial charge in [-0.05, 0) is 55.8 Å². The summed E-state index contributed by atoms with van der Waals surface area (Å²) in [7, 11) is 0. The molecule has 0 aliphatic heterocycles. The Balaban J connectivity index is 1.64. The second kappa shape index (κ2) is 11.7. The molecule has 0 fully saturated rings. The third-order valence-corrected chi connectivity index (χ3v) is 5.82. The van der Waals surface area contributed by atoms with Crippen LogP contribution in [-0.4, -0.2) is 33.0 Å². The van der Waals surface area contributed by atoms with Crippen LogP contribution in [0.4, 0.5) is 5.69 Å². The maximum Gasteiger partial charge on any atom is 0.234 e. The first-order valence-electron chi connectivity index (χ1n) is 10.1. The number of nitrogens with zero attached hydrogens (tertiary/aromatic N) is 3. The number of aromatic nitrogens is 3. The zero-order valence-corrected chi connectivity index (χ0v) is 20.4. The van der Waals surface area contributed by atoms with E-state index in [0.29, 0.717) is 35.6 Å². The maximum atomic E-state index is 12.3. The number of rotatable bonds is 11. The summed E-state index contributed by atoms with van der Waals surface area (Å²) in [5.74, 6) is 2.07. The van der Waals surface area contributed by atoms with Crippen LogP contribution in [0.15, 0.2) is 64.7 Å². The molecule has 1 aromatic heterocycles. The van der Waals surface area contributed by atoms with Gasteiger partial charge in [-0.15, -0.1) is 16.8 Å². The summed E-state index contributed by atoms with van der Waals surface area (Å²) in [6.07, 6.45) is 1.76. The number of halogens is 1. The number of hydrogen-bond acceptors (Lipinski definition) is 6. The van der Waals surface area contributed by atoms with Crippen molar-refractivity contribution in [3.05, 3.63) is 71.0 Å². The molecule has 168 valence electrons. The van der Waals surface area contributed by atoms with Crippen LogP contribution in [0.25, 0.3) is 0 Å². The van der Waals surface area contributed by atoms with E-state index in [4.69, 9.17) is 9.47 Å². The molecule has 9 heteroatoms. The monoisotopic (exact) mass is 516 g/mol. The van der Waals surface area contributed by atoms with Crippen molar-refractivity contribution >= 4 is 39.3 Å². The maximum absolute atomic E-state index is 12.3. The van der Waals surface area contributed by atoms with E-state index in [1.54, 1.807) is 6.08 Å². The van der Waals surface area contributed by atoms with E-state index < -0.39 is 0 Å². The van der Waals surface area contributed by atoms with Crippen LogP contribution in [0.3, 0.4) is 0 Å². The molecule has 3 rings (SSSR count). The van der Waals surface area contributed by atoms with Crippen LogP contribution in [0, 0.1) is 6.92 Å². The van der Waals surface area contributed by atoms with Crippen molar-refractivity contribution < 1.29 is 14.3 Å². The van der Waals surface area contributed by atoms with Crippen LogP contribution < -0.4 is 14.8 Å². The molecule has 2 aromatic carbocycles. The minimum absolute atomic E-state index is 0.121. The van der Waals surface area contributed by atoms with E-state index in [9.17, 15) is 4.79 Å². The highest BCUT2D eigenvalue weighted by Crippen LogP contribution is 2.29. The van der Waals surface area contributed by atoms with Crippen molar-refractivity contribution in [1.29, 1.82) is 0 Å². The number of ether oxygens (including phenoxy) is 2. The van der Waals surface area contributed by atoms with E-state index >= 15 is 0 Å². The van der Waals surface area contributed by atoms with Gasteiger partial charge in [0, 0.05) is 16.7 Å². The number of hydrogen-bond donors (Lipinski definition) is 1. The van der Waals surface area contributed by atoms with Gasteiger partial charge in [0.15, 0.2) is 22.5 Å². The van der Waals surface area contributed by atoms with Gasteiger partial charge < -0.3 is 14.8 Å². The lowest BCUT2D eigenvalue weighted by atomic mass is 10.2. The average Bonchev–Trinajstić information content (AvgIpc) is 3.15. The third-order valence-electron chi connectivity index (χ3n) is 4.32. The minimum atomic E-state index is -0.121. The van der Waals surface area contributed by atoms with Crippen LogP contribution in [0.1, 0.15) is 18.3 Å². The quantitative estimate of drug-likeness (QED) is 0.277. The molecule has 0 saturated carbocycles. The largest absolute Gasteiger partial charge is 0.490 e. The van der Waals surface area contributed by atoms with Crippen LogP contribution in [0.5, 0.6) is 11.5 Å². The number of carbonyl (C=O) groups is 1. The summed E-state index contributed by atoms with van der Waals surface area (Å²) in [4.78, 5) is 12.3. The summed E-state index contributed by atoms with van der Waals surface area (Å²) in [6.45, 7) is 9.03. The lowest BCUT2D eigenvalue weighted by Gasteiger charge is -2.13.